The molecule has 4 aliphatic carbocycles. The highest BCUT2D eigenvalue weighted by atomic mass is 32.2. The standard InChI is InChI=1S/C21H25N3OS/c25-19(12-26-20-22-13-23-24-20)8-14-1-3-18(4-2-14)21-9-15-5-16(10-21)7-17(6-15)11-21/h1-4,13,15-17H,5-12H2,(H,22,23,24). The molecule has 1 aromatic heterocycles. The number of Topliss-reactive ketones (excluding diaryl/α,β-unsaturated/α-hetero) is 1. The third-order valence-corrected chi connectivity index (χ3v) is 7.71. The SMILES string of the molecule is O=C(CSc1ncn[nH]1)Cc1ccc(C23CC4CC(CC(C4)C2)C3)cc1. The quantitative estimate of drug-likeness (QED) is 0.778. The zero-order valence-corrected chi connectivity index (χ0v) is 15.8. The largest absolute Gasteiger partial charge is 0.298 e. The summed E-state index contributed by atoms with van der Waals surface area (Å²) < 4.78 is 0. The Bertz CT molecular complexity index is 749. The Morgan fingerprint density at radius 2 is 1.73 bits per heavy atom. The molecule has 0 spiro atoms. The molecule has 1 aromatic carbocycles. The Kier molecular flexibility index (Phi) is 4.15. The molecule has 4 saturated carbocycles. The lowest BCUT2D eigenvalue weighted by Gasteiger charge is -2.57. The summed E-state index contributed by atoms with van der Waals surface area (Å²) in [7, 11) is 0. The molecule has 0 atom stereocenters. The van der Waals surface area contributed by atoms with E-state index in [1.54, 1.807) is 0 Å². The molecule has 0 aliphatic heterocycles. The van der Waals surface area contributed by atoms with E-state index in [-0.39, 0.29) is 5.78 Å². The summed E-state index contributed by atoms with van der Waals surface area (Å²) in [6.45, 7) is 0. The van der Waals surface area contributed by atoms with Gasteiger partial charge in [-0.1, -0.05) is 36.0 Å². The highest BCUT2D eigenvalue weighted by molar-refractivity contribution is 7.99. The van der Waals surface area contributed by atoms with Crippen LogP contribution in [-0.4, -0.2) is 26.7 Å². The number of benzene rings is 1. The van der Waals surface area contributed by atoms with Gasteiger partial charge in [-0.25, -0.2) is 4.98 Å². The molecule has 1 N–H and O–H groups in total. The van der Waals surface area contributed by atoms with Crippen molar-refractivity contribution < 1.29 is 4.79 Å². The fourth-order valence-corrected chi connectivity index (χ4v) is 6.77. The number of ketones is 1. The van der Waals surface area contributed by atoms with E-state index < -0.39 is 0 Å². The maximum Gasteiger partial charge on any atom is 0.183 e. The van der Waals surface area contributed by atoms with E-state index in [1.807, 2.05) is 0 Å². The molecule has 6 rings (SSSR count). The fourth-order valence-electron chi connectivity index (χ4n) is 6.13. The molecule has 4 aliphatic rings. The predicted octanol–water partition coefficient (Wildman–Crippen LogP) is 4.18. The van der Waals surface area contributed by atoms with Gasteiger partial charge < -0.3 is 0 Å². The van der Waals surface area contributed by atoms with E-state index in [9.17, 15) is 4.79 Å². The van der Waals surface area contributed by atoms with Crippen LogP contribution in [0, 0.1) is 17.8 Å². The molecule has 5 heteroatoms. The monoisotopic (exact) mass is 367 g/mol. The minimum Gasteiger partial charge on any atom is -0.298 e. The molecule has 4 bridgehead atoms. The van der Waals surface area contributed by atoms with Crippen molar-refractivity contribution in [2.24, 2.45) is 17.8 Å². The van der Waals surface area contributed by atoms with Crippen molar-refractivity contribution in [1.82, 2.24) is 15.2 Å². The molecule has 0 saturated heterocycles. The first-order chi connectivity index (χ1) is 12.7. The Balaban J connectivity index is 1.24. The Morgan fingerprint density at radius 3 is 2.31 bits per heavy atom. The summed E-state index contributed by atoms with van der Waals surface area (Å²) >= 11 is 1.42. The van der Waals surface area contributed by atoms with Crippen LogP contribution in [0.2, 0.25) is 0 Å². The third-order valence-electron chi connectivity index (χ3n) is 6.77. The number of hydrogen-bond donors (Lipinski definition) is 1. The van der Waals surface area contributed by atoms with Gasteiger partial charge in [0.2, 0.25) is 0 Å². The molecular formula is C21H25N3OS. The second-order valence-electron chi connectivity index (χ2n) is 8.69. The molecule has 4 nitrogen and oxygen atoms in total. The first kappa shape index (κ1) is 16.5. The van der Waals surface area contributed by atoms with E-state index in [4.69, 9.17) is 0 Å². The van der Waals surface area contributed by atoms with Gasteiger partial charge in [0, 0.05) is 6.42 Å². The molecular weight excluding hydrogens is 342 g/mol. The normalized spacial score (nSPS) is 32.1. The van der Waals surface area contributed by atoms with Gasteiger partial charge in [0.1, 0.15) is 12.1 Å². The topological polar surface area (TPSA) is 58.6 Å². The summed E-state index contributed by atoms with van der Waals surface area (Å²) in [5.41, 5.74) is 3.10. The van der Waals surface area contributed by atoms with E-state index in [0.29, 0.717) is 22.7 Å². The lowest BCUT2D eigenvalue weighted by Crippen LogP contribution is -2.48. The lowest BCUT2D eigenvalue weighted by molar-refractivity contribution is -0.116. The van der Waals surface area contributed by atoms with Crippen molar-refractivity contribution in [2.45, 2.75) is 55.5 Å². The van der Waals surface area contributed by atoms with Crippen molar-refractivity contribution in [3.63, 3.8) is 0 Å². The number of rotatable bonds is 6. The number of carbonyl (C=O) groups excluding carboxylic acids is 1. The molecule has 0 radical (unpaired) electrons. The number of nitrogens with one attached hydrogen (secondary N) is 1. The van der Waals surface area contributed by atoms with Crippen LogP contribution >= 0.6 is 11.8 Å². The van der Waals surface area contributed by atoms with Crippen LogP contribution in [0.1, 0.15) is 49.7 Å². The van der Waals surface area contributed by atoms with Crippen molar-refractivity contribution in [2.75, 3.05) is 5.75 Å². The van der Waals surface area contributed by atoms with E-state index >= 15 is 0 Å². The maximum atomic E-state index is 12.2. The summed E-state index contributed by atoms with van der Waals surface area (Å²) in [4.78, 5) is 16.3. The summed E-state index contributed by atoms with van der Waals surface area (Å²) in [5, 5.41) is 7.28. The number of hydrogen-bond acceptors (Lipinski definition) is 4. The van der Waals surface area contributed by atoms with Gasteiger partial charge in [-0.05, 0) is 72.8 Å². The number of carbonyl (C=O) groups is 1. The lowest BCUT2D eigenvalue weighted by atomic mass is 9.48. The second kappa shape index (κ2) is 6.52. The predicted molar refractivity (Wildman–Crippen MR) is 102 cm³/mol. The fraction of sp³-hybridized carbons (Fsp3) is 0.571. The van der Waals surface area contributed by atoms with E-state index in [1.165, 1.54) is 62.2 Å². The van der Waals surface area contributed by atoms with E-state index in [0.717, 1.165) is 23.3 Å². The van der Waals surface area contributed by atoms with Crippen LogP contribution in [-0.2, 0) is 16.6 Å². The van der Waals surface area contributed by atoms with E-state index in [2.05, 4.69) is 39.4 Å². The van der Waals surface area contributed by atoms with Crippen molar-refractivity contribution in [1.29, 1.82) is 0 Å². The minimum atomic E-state index is 0.231. The number of thioether (sulfide) groups is 1. The maximum absolute atomic E-state index is 12.2. The van der Waals surface area contributed by atoms with Gasteiger partial charge >= 0.3 is 0 Å². The minimum absolute atomic E-state index is 0.231. The van der Waals surface area contributed by atoms with Gasteiger partial charge in [0.15, 0.2) is 5.16 Å². The molecule has 4 fully saturated rings. The van der Waals surface area contributed by atoms with Crippen molar-refractivity contribution in [3.05, 3.63) is 41.7 Å². The number of nitrogens with zero attached hydrogens (tertiary/aromatic N) is 2. The molecule has 0 amide bonds. The highest BCUT2D eigenvalue weighted by Gasteiger charge is 2.51. The van der Waals surface area contributed by atoms with Crippen LogP contribution in [0.25, 0.3) is 0 Å². The van der Waals surface area contributed by atoms with Crippen LogP contribution in [0.5, 0.6) is 0 Å². The summed E-state index contributed by atoms with van der Waals surface area (Å²) in [6.07, 6.45) is 10.6. The van der Waals surface area contributed by atoms with Gasteiger partial charge in [0.25, 0.3) is 0 Å². The second-order valence-corrected chi connectivity index (χ2v) is 9.65. The molecule has 0 unspecified atom stereocenters. The number of aromatic amines is 1. The van der Waals surface area contributed by atoms with Gasteiger partial charge in [-0.15, -0.1) is 0 Å². The molecule has 26 heavy (non-hydrogen) atoms. The summed E-state index contributed by atoms with van der Waals surface area (Å²) in [5.74, 6) is 3.57. The Hall–Kier alpha value is -1.62. The smallest absolute Gasteiger partial charge is 0.183 e. The molecule has 1 heterocycles. The van der Waals surface area contributed by atoms with Gasteiger partial charge in [-0.2, -0.15) is 5.10 Å². The first-order valence-electron chi connectivity index (χ1n) is 9.78. The number of H-pyrrole nitrogens is 1. The van der Waals surface area contributed by atoms with Crippen LogP contribution in [0.4, 0.5) is 0 Å². The van der Waals surface area contributed by atoms with Crippen LogP contribution in [0.3, 0.4) is 0 Å². The first-order valence-corrected chi connectivity index (χ1v) is 10.8. The zero-order valence-electron chi connectivity index (χ0n) is 15.0. The van der Waals surface area contributed by atoms with Crippen LogP contribution in [0.15, 0.2) is 35.7 Å². The number of aromatic nitrogens is 3. The van der Waals surface area contributed by atoms with Gasteiger partial charge in [-0.3, -0.25) is 9.89 Å². The Morgan fingerprint density at radius 1 is 1.08 bits per heavy atom. The highest BCUT2D eigenvalue weighted by Crippen LogP contribution is 2.60. The summed E-state index contributed by atoms with van der Waals surface area (Å²) in [6, 6.07) is 9.01. The third kappa shape index (κ3) is 3.11. The average Bonchev–Trinajstić information content (AvgIpc) is 3.13. The average molecular weight is 368 g/mol. The molecule has 136 valence electrons. The van der Waals surface area contributed by atoms with Crippen molar-refractivity contribution in [3.8, 4) is 0 Å². The Labute approximate surface area is 158 Å². The molecule has 2 aromatic rings. The van der Waals surface area contributed by atoms with Gasteiger partial charge in [0.05, 0.1) is 5.75 Å². The van der Waals surface area contributed by atoms with Crippen LogP contribution < -0.4 is 0 Å². The zero-order chi connectivity index (χ0) is 17.6. The van der Waals surface area contributed by atoms with Crippen molar-refractivity contribution >= 4 is 17.5 Å².